The summed E-state index contributed by atoms with van der Waals surface area (Å²) in [5.41, 5.74) is 1.67. The van der Waals surface area contributed by atoms with E-state index >= 15 is 0 Å². The van der Waals surface area contributed by atoms with E-state index in [2.05, 4.69) is 22.9 Å². The lowest BCUT2D eigenvalue weighted by atomic mass is 9.54. The van der Waals surface area contributed by atoms with Crippen molar-refractivity contribution in [3.8, 4) is 0 Å². The molecule has 2 saturated heterocycles. The molecule has 3 aliphatic rings. The summed E-state index contributed by atoms with van der Waals surface area (Å²) in [5, 5.41) is 0. The topological polar surface area (TPSA) is 38.2 Å². The Hall–Kier alpha value is -1.16. The average molecular weight is 287 g/mol. The lowest BCUT2D eigenvalue weighted by Gasteiger charge is -2.65. The summed E-state index contributed by atoms with van der Waals surface area (Å²) in [6.07, 6.45) is 6.66. The molecule has 0 bridgehead atoms. The summed E-state index contributed by atoms with van der Waals surface area (Å²) < 4.78 is 5.57. The van der Waals surface area contributed by atoms with Crippen molar-refractivity contribution in [2.45, 2.75) is 52.0 Å². The Morgan fingerprint density at radius 2 is 1.95 bits per heavy atom. The van der Waals surface area contributed by atoms with Gasteiger partial charge in [0.05, 0.1) is 0 Å². The molecule has 3 heterocycles. The monoisotopic (exact) mass is 287 g/mol. The highest BCUT2D eigenvalue weighted by Gasteiger charge is 2.58. The smallest absolute Gasteiger partial charge is 0.132 e. The molecule has 3 fully saturated rings. The zero-order chi connectivity index (χ0) is 14.4. The van der Waals surface area contributed by atoms with Crippen LogP contribution in [0, 0.1) is 25.2 Å². The van der Waals surface area contributed by atoms with Crippen LogP contribution in [0.5, 0.6) is 0 Å². The first kappa shape index (κ1) is 13.5. The predicted octanol–water partition coefficient (Wildman–Crippen LogP) is 2.88. The summed E-state index contributed by atoms with van der Waals surface area (Å²) in [4.78, 5) is 11.7. The molecule has 1 aliphatic carbocycles. The average Bonchev–Trinajstić information content (AvgIpc) is 2.36. The van der Waals surface area contributed by atoms with Gasteiger partial charge in [0.2, 0.25) is 0 Å². The van der Waals surface area contributed by atoms with Gasteiger partial charge in [0.25, 0.3) is 0 Å². The third-order valence-corrected chi connectivity index (χ3v) is 5.76. The number of aryl methyl sites for hydroxylation is 2. The highest BCUT2D eigenvalue weighted by molar-refractivity contribution is 5.48. The maximum absolute atomic E-state index is 5.57. The van der Waals surface area contributed by atoms with Crippen LogP contribution in [0.4, 0.5) is 5.82 Å². The maximum Gasteiger partial charge on any atom is 0.132 e. The van der Waals surface area contributed by atoms with Gasteiger partial charge in [0, 0.05) is 43.0 Å². The Kier molecular flexibility index (Phi) is 3.18. The van der Waals surface area contributed by atoms with Gasteiger partial charge < -0.3 is 9.64 Å². The van der Waals surface area contributed by atoms with E-state index < -0.39 is 0 Å². The van der Waals surface area contributed by atoms with Gasteiger partial charge in [0.1, 0.15) is 11.6 Å². The molecule has 0 aromatic carbocycles. The highest BCUT2D eigenvalue weighted by atomic mass is 16.5. The van der Waals surface area contributed by atoms with Crippen LogP contribution < -0.4 is 4.90 Å². The predicted molar refractivity (Wildman–Crippen MR) is 82.5 cm³/mol. The number of aromatic nitrogens is 2. The van der Waals surface area contributed by atoms with Gasteiger partial charge in [-0.25, -0.2) is 9.97 Å². The molecule has 1 spiro atoms. The molecule has 4 nitrogen and oxygen atoms in total. The van der Waals surface area contributed by atoms with E-state index in [1.54, 1.807) is 0 Å². The largest absolute Gasteiger partial charge is 0.381 e. The Labute approximate surface area is 126 Å². The van der Waals surface area contributed by atoms with Gasteiger partial charge in [-0.05, 0) is 45.4 Å². The van der Waals surface area contributed by atoms with Crippen LogP contribution in [-0.2, 0) is 4.74 Å². The molecule has 0 N–H and O–H groups in total. The van der Waals surface area contributed by atoms with Crippen LogP contribution in [0.15, 0.2) is 6.07 Å². The van der Waals surface area contributed by atoms with E-state index in [0.29, 0.717) is 11.5 Å². The van der Waals surface area contributed by atoms with Crippen LogP contribution in [0.25, 0.3) is 0 Å². The summed E-state index contributed by atoms with van der Waals surface area (Å²) in [6, 6.07) is 2.84. The van der Waals surface area contributed by atoms with Gasteiger partial charge >= 0.3 is 0 Å². The second-order valence-electron chi connectivity index (χ2n) is 7.15. The maximum atomic E-state index is 5.57. The molecule has 4 rings (SSSR count). The lowest BCUT2D eigenvalue weighted by molar-refractivity contribution is -0.0370. The summed E-state index contributed by atoms with van der Waals surface area (Å²) in [7, 11) is 0. The van der Waals surface area contributed by atoms with Crippen molar-refractivity contribution in [2.75, 3.05) is 24.7 Å². The highest BCUT2D eigenvalue weighted by Crippen LogP contribution is 2.57. The molecule has 2 aliphatic heterocycles. The van der Waals surface area contributed by atoms with Crippen LogP contribution in [0.1, 0.15) is 43.6 Å². The molecule has 1 aromatic heterocycles. The van der Waals surface area contributed by atoms with E-state index in [-0.39, 0.29) is 0 Å². The molecule has 1 aromatic rings. The van der Waals surface area contributed by atoms with Crippen molar-refractivity contribution in [1.82, 2.24) is 9.97 Å². The fraction of sp³-hybridized carbons (Fsp3) is 0.765. The SMILES string of the molecule is Cc1cc(N2CC3(CCC3)C2C2CCOCC2)nc(C)n1. The lowest BCUT2D eigenvalue weighted by Crippen LogP contribution is -2.70. The number of ether oxygens (including phenoxy) is 1. The minimum atomic E-state index is 0.592. The van der Waals surface area contributed by atoms with E-state index in [0.717, 1.165) is 36.5 Å². The minimum Gasteiger partial charge on any atom is -0.381 e. The molecule has 0 amide bonds. The number of hydrogen-bond donors (Lipinski definition) is 0. The molecule has 4 heteroatoms. The molecule has 1 unspecified atom stereocenters. The second kappa shape index (κ2) is 4.94. The third-order valence-electron chi connectivity index (χ3n) is 5.76. The first-order chi connectivity index (χ1) is 10.2. The molecule has 1 atom stereocenters. The Bertz CT molecular complexity index is 515. The Morgan fingerprint density at radius 1 is 1.19 bits per heavy atom. The van der Waals surface area contributed by atoms with Crippen molar-refractivity contribution in [3.05, 3.63) is 17.6 Å². The van der Waals surface area contributed by atoms with Crippen molar-refractivity contribution in [3.63, 3.8) is 0 Å². The van der Waals surface area contributed by atoms with Gasteiger partial charge in [-0.2, -0.15) is 0 Å². The zero-order valence-electron chi connectivity index (χ0n) is 13.1. The van der Waals surface area contributed by atoms with Crippen molar-refractivity contribution >= 4 is 5.82 Å². The fourth-order valence-electron chi connectivity index (χ4n) is 4.69. The molecule has 0 radical (unpaired) electrons. The van der Waals surface area contributed by atoms with Crippen molar-refractivity contribution in [2.24, 2.45) is 11.3 Å². The number of rotatable bonds is 2. The van der Waals surface area contributed by atoms with Gasteiger partial charge in [0.15, 0.2) is 0 Å². The van der Waals surface area contributed by atoms with Crippen LogP contribution in [-0.4, -0.2) is 35.8 Å². The van der Waals surface area contributed by atoms with Crippen LogP contribution >= 0.6 is 0 Å². The first-order valence-corrected chi connectivity index (χ1v) is 8.35. The summed E-state index contributed by atoms with van der Waals surface area (Å²) in [5.74, 6) is 2.82. The molecular formula is C17H25N3O. The summed E-state index contributed by atoms with van der Waals surface area (Å²) in [6.45, 7) is 7.14. The fourth-order valence-corrected chi connectivity index (χ4v) is 4.69. The molecular weight excluding hydrogens is 262 g/mol. The van der Waals surface area contributed by atoms with Gasteiger partial charge in [-0.3, -0.25) is 0 Å². The second-order valence-corrected chi connectivity index (χ2v) is 7.15. The van der Waals surface area contributed by atoms with Gasteiger partial charge in [-0.1, -0.05) is 6.42 Å². The van der Waals surface area contributed by atoms with Crippen molar-refractivity contribution in [1.29, 1.82) is 0 Å². The van der Waals surface area contributed by atoms with E-state index in [1.807, 2.05) is 6.92 Å². The number of nitrogens with zero attached hydrogens (tertiary/aromatic N) is 3. The molecule has 1 saturated carbocycles. The number of hydrogen-bond acceptors (Lipinski definition) is 4. The van der Waals surface area contributed by atoms with E-state index in [4.69, 9.17) is 9.72 Å². The zero-order valence-corrected chi connectivity index (χ0v) is 13.1. The van der Waals surface area contributed by atoms with Crippen LogP contribution in [0.2, 0.25) is 0 Å². The number of anilines is 1. The first-order valence-electron chi connectivity index (χ1n) is 8.35. The molecule has 21 heavy (non-hydrogen) atoms. The Morgan fingerprint density at radius 3 is 2.57 bits per heavy atom. The summed E-state index contributed by atoms with van der Waals surface area (Å²) >= 11 is 0. The normalized spacial score (nSPS) is 28.3. The third kappa shape index (κ3) is 2.15. The van der Waals surface area contributed by atoms with E-state index in [9.17, 15) is 0 Å². The van der Waals surface area contributed by atoms with Crippen molar-refractivity contribution < 1.29 is 4.74 Å². The van der Waals surface area contributed by atoms with Gasteiger partial charge in [-0.15, -0.1) is 0 Å². The molecule has 114 valence electrons. The van der Waals surface area contributed by atoms with Crippen LogP contribution in [0.3, 0.4) is 0 Å². The Balaban J connectivity index is 1.62. The van der Waals surface area contributed by atoms with E-state index in [1.165, 1.54) is 38.6 Å². The minimum absolute atomic E-state index is 0.592. The quantitative estimate of drug-likeness (QED) is 0.838. The standard InChI is InChI=1S/C17H25N3O/c1-12-10-15(19-13(2)18-12)20-11-17(6-3-7-17)16(20)14-4-8-21-9-5-14/h10,14,16H,3-9,11H2,1-2H3.